The third-order valence-corrected chi connectivity index (χ3v) is 4.12. The largest absolute Gasteiger partial charge is 0.329 e. The van der Waals surface area contributed by atoms with E-state index in [2.05, 4.69) is 73.5 Å². The molecule has 1 atom stereocenters. The molecule has 2 rings (SSSR count). The molecule has 0 fully saturated rings. The Hall–Kier alpha value is -1.64. The first-order valence-electron chi connectivity index (χ1n) is 7.77. The predicted octanol–water partition coefficient (Wildman–Crippen LogP) is 3.42. The summed E-state index contributed by atoms with van der Waals surface area (Å²) in [6, 6.07) is 19.8. The second-order valence-corrected chi connectivity index (χ2v) is 5.56. The van der Waals surface area contributed by atoms with Crippen LogP contribution in [-0.4, -0.2) is 25.0 Å². The van der Waals surface area contributed by atoms with Gasteiger partial charge < -0.3 is 5.73 Å². The average Bonchev–Trinajstić information content (AvgIpc) is 2.55. The summed E-state index contributed by atoms with van der Waals surface area (Å²) in [7, 11) is 2.16. The van der Waals surface area contributed by atoms with Gasteiger partial charge in [-0.1, -0.05) is 61.5 Å². The van der Waals surface area contributed by atoms with E-state index in [0.29, 0.717) is 12.6 Å². The van der Waals surface area contributed by atoms with Gasteiger partial charge in [-0.25, -0.2) is 0 Å². The van der Waals surface area contributed by atoms with Crippen molar-refractivity contribution in [2.24, 2.45) is 5.73 Å². The van der Waals surface area contributed by atoms with Gasteiger partial charge in [0.2, 0.25) is 0 Å². The number of benzene rings is 2. The SMILES string of the molecule is CCc1ccc(C(CN)N(C)CCc2ccccc2)cc1. The van der Waals surface area contributed by atoms with Gasteiger partial charge in [0.15, 0.2) is 0 Å². The van der Waals surface area contributed by atoms with E-state index in [-0.39, 0.29) is 0 Å². The van der Waals surface area contributed by atoms with Gasteiger partial charge in [0.25, 0.3) is 0 Å². The van der Waals surface area contributed by atoms with Crippen LogP contribution in [0, 0.1) is 0 Å². The van der Waals surface area contributed by atoms with Crippen LogP contribution >= 0.6 is 0 Å². The quantitative estimate of drug-likeness (QED) is 0.843. The minimum Gasteiger partial charge on any atom is -0.329 e. The van der Waals surface area contributed by atoms with Crippen LogP contribution in [0.15, 0.2) is 54.6 Å². The highest BCUT2D eigenvalue weighted by Crippen LogP contribution is 2.19. The lowest BCUT2D eigenvalue weighted by Crippen LogP contribution is -2.32. The minimum atomic E-state index is 0.291. The molecule has 2 heteroatoms. The number of hydrogen-bond acceptors (Lipinski definition) is 2. The fourth-order valence-electron chi connectivity index (χ4n) is 2.65. The summed E-state index contributed by atoms with van der Waals surface area (Å²) >= 11 is 0. The maximum atomic E-state index is 6.00. The van der Waals surface area contributed by atoms with Crippen molar-refractivity contribution in [2.75, 3.05) is 20.1 Å². The second-order valence-electron chi connectivity index (χ2n) is 5.56. The zero-order valence-corrected chi connectivity index (χ0v) is 13.1. The standard InChI is InChI=1S/C19H26N2/c1-3-16-9-11-18(12-10-16)19(15-20)21(2)14-13-17-7-5-4-6-8-17/h4-12,19H,3,13-15,20H2,1-2H3. The molecule has 2 N–H and O–H groups in total. The number of nitrogens with zero attached hydrogens (tertiary/aromatic N) is 1. The average molecular weight is 282 g/mol. The normalized spacial score (nSPS) is 12.6. The van der Waals surface area contributed by atoms with Crippen LogP contribution in [-0.2, 0) is 12.8 Å². The van der Waals surface area contributed by atoms with E-state index in [4.69, 9.17) is 5.73 Å². The number of likely N-dealkylation sites (N-methyl/N-ethyl adjacent to an activating group) is 1. The third-order valence-electron chi connectivity index (χ3n) is 4.12. The maximum Gasteiger partial charge on any atom is 0.0467 e. The van der Waals surface area contributed by atoms with Crippen molar-refractivity contribution in [3.63, 3.8) is 0 Å². The van der Waals surface area contributed by atoms with Gasteiger partial charge in [-0.05, 0) is 36.6 Å². The molecule has 0 aliphatic rings. The summed E-state index contributed by atoms with van der Waals surface area (Å²) in [5.41, 5.74) is 10.1. The fraction of sp³-hybridized carbons (Fsp3) is 0.368. The molecule has 0 heterocycles. The zero-order chi connectivity index (χ0) is 15.1. The molecule has 0 saturated heterocycles. The lowest BCUT2D eigenvalue weighted by molar-refractivity contribution is 0.253. The molecule has 112 valence electrons. The second kappa shape index (κ2) is 7.96. The molecule has 0 amide bonds. The molecule has 1 unspecified atom stereocenters. The molecular formula is C19H26N2. The molecule has 0 aromatic heterocycles. The van der Waals surface area contributed by atoms with Crippen LogP contribution in [0.3, 0.4) is 0 Å². The molecule has 2 aromatic carbocycles. The summed E-state index contributed by atoms with van der Waals surface area (Å²) in [5, 5.41) is 0. The number of rotatable bonds is 7. The van der Waals surface area contributed by atoms with E-state index in [1.54, 1.807) is 0 Å². The van der Waals surface area contributed by atoms with Crippen molar-refractivity contribution in [3.05, 3.63) is 71.3 Å². The first-order valence-corrected chi connectivity index (χ1v) is 7.77. The van der Waals surface area contributed by atoms with Crippen LogP contribution in [0.1, 0.15) is 29.7 Å². The Labute approximate surface area is 128 Å². The summed E-state index contributed by atoms with van der Waals surface area (Å²) < 4.78 is 0. The Balaban J connectivity index is 1.98. The molecule has 0 saturated carbocycles. The molecule has 0 aliphatic carbocycles. The van der Waals surface area contributed by atoms with Gasteiger partial charge in [0.1, 0.15) is 0 Å². The Bertz CT molecular complexity index is 519. The number of hydrogen-bond donors (Lipinski definition) is 1. The minimum absolute atomic E-state index is 0.291. The molecule has 21 heavy (non-hydrogen) atoms. The van der Waals surface area contributed by atoms with E-state index in [9.17, 15) is 0 Å². The summed E-state index contributed by atoms with van der Waals surface area (Å²) in [6.45, 7) is 3.85. The fourth-order valence-corrected chi connectivity index (χ4v) is 2.65. The Kier molecular flexibility index (Phi) is 5.97. The Morgan fingerprint density at radius 1 is 0.952 bits per heavy atom. The van der Waals surface area contributed by atoms with E-state index < -0.39 is 0 Å². The van der Waals surface area contributed by atoms with Crippen LogP contribution < -0.4 is 5.73 Å². The highest BCUT2D eigenvalue weighted by atomic mass is 15.1. The maximum absolute atomic E-state index is 6.00. The number of nitrogens with two attached hydrogens (primary N) is 1. The Morgan fingerprint density at radius 2 is 1.62 bits per heavy atom. The van der Waals surface area contributed by atoms with E-state index >= 15 is 0 Å². The van der Waals surface area contributed by atoms with Crippen molar-refractivity contribution in [1.82, 2.24) is 4.90 Å². The van der Waals surface area contributed by atoms with Gasteiger partial charge in [-0.2, -0.15) is 0 Å². The predicted molar refractivity (Wildman–Crippen MR) is 90.4 cm³/mol. The van der Waals surface area contributed by atoms with Crippen LogP contribution in [0.5, 0.6) is 0 Å². The Morgan fingerprint density at radius 3 is 2.19 bits per heavy atom. The van der Waals surface area contributed by atoms with Crippen molar-refractivity contribution < 1.29 is 0 Å². The number of aryl methyl sites for hydroxylation is 1. The molecule has 0 radical (unpaired) electrons. The smallest absolute Gasteiger partial charge is 0.0467 e. The van der Waals surface area contributed by atoms with E-state index in [1.165, 1.54) is 16.7 Å². The van der Waals surface area contributed by atoms with Crippen LogP contribution in [0.2, 0.25) is 0 Å². The highest BCUT2D eigenvalue weighted by molar-refractivity contribution is 5.25. The molecule has 2 nitrogen and oxygen atoms in total. The van der Waals surface area contributed by atoms with Gasteiger partial charge in [-0.3, -0.25) is 4.90 Å². The molecule has 2 aromatic rings. The molecule has 0 bridgehead atoms. The molecule has 0 aliphatic heterocycles. The van der Waals surface area contributed by atoms with Crippen molar-refractivity contribution in [2.45, 2.75) is 25.8 Å². The van der Waals surface area contributed by atoms with Gasteiger partial charge in [0, 0.05) is 19.1 Å². The summed E-state index contributed by atoms with van der Waals surface area (Å²) in [6.07, 6.45) is 2.14. The summed E-state index contributed by atoms with van der Waals surface area (Å²) in [5.74, 6) is 0. The van der Waals surface area contributed by atoms with Gasteiger partial charge in [0.05, 0.1) is 0 Å². The lowest BCUT2D eigenvalue weighted by atomic mass is 10.0. The topological polar surface area (TPSA) is 29.3 Å². The molecular weight excluding hydrogens is 256 g/mol. The first-order chi connectivity index (χ1) is 10.2. The van der Waals surface area contributed by atoms with Gasteiger partial charge in [-0.15, -0.1) is 0 Å². The summed E-state index contributed by atoms with van der Waals surface area (Å²) in [4.78, 5) is 2.36. The van der Waals surface area contributed by atoms with Crippen molar-refractivity contribution in [3.8, 4) is 0 Å². The zero-order valence-electron chi connectivity index (χ0n) is 13.1. The van der Waals surface area contributed by atoms with Crippen LogP contribution in [0.4, 0.5) is 0 Å². The van der Waals surface area contributed by atoms with E-state index in [1.807, 2.05) is 0 Å². The van der Waals surface area contributed by atoms with Gasteiger partial charge >= 0.3 is 0 Å². The molecule has 0 spiro atoms. The monoisotopic (exact) mass is 282 g/mol. The van der Waals surface area contributed by atoms with E-state index in [0.717, 1.165) is 19.4 Å². The third kappa shape index (κ3) is 4.42. The van der Waals surface area contributed by atoms with Crippen molar-refractivity contribution >= 4 is 0 Å². The van der Waals surface area contributed by atoms with Crippen LogP contribution in [0.25, 0.3) is 0 Å². The highest BCUT2D eigenvalue weighted by Gasteiger charge is 2.15. The lowest BCUT2D eigenvalue weighted by Gasteiger charge is -2.27. The van der Waals surface area contributed by atoms with Crippen molar-refractivity contribution in [1.29, 1.82) is 0 Å². The first kappa shape index (κ1) is 15.7.